The van der Waals surface area contributed by atoms with Gasteiger partial charge in [0.05, 0.1) is 10.7 Å². The van der Waals surface area contributed by atoms with Crippen LogP contribution in [0.25, 0.3) is 0 Å². The lowest BCUT2D eigenvalue weighted by Crippen LogP contribution is -2.29. The van der Waals surface area contributed by atoms with Gasteiger partial charge in [-0.3, -0.25) is 9.63 Å². The molecule has 3 N–H and O–H groups in total. The molecule has 1 rings (SSSR count). The van der Waals surface area contributed by atoms with E-state index in [9.17, 15) is 18.0 Å². The number of nitrogen functional groups attached to an aromatic ring is 1. The fourth-order valence-electron chi connectivity index (χ4n) is 0.927. The minimum Gasteiger partial charge on any atom is -0.398 e. The fraction of sp³-hybridized carbons (Fsp3) is 0.222. The number of anilines is 1. The molecule has 0 heterocycles. The third kappa shape index (κ3) is 4.49. The van der Waals surface area contributed by atoms with Crippen molar-refractivity contribution in [1.29, 1.82) is 0 Å². The Hall–Kier alpha value is -1.47. The van der Waals surface area contributed by atoms with Gasteiger partial charge in [0.15, 0.2) is 6.61 Å². The summed E-state index contributed by atoms with van der Waals surface area (Å²) in [6, 6.07) is 3.90. The van der Waals surface area contributed by atoms with Crippen molar-refractivity contribution in [3.63, 3.8) is 0 Å². The zero-order valence-corrected chi connectivity index (χ0v) is 9.10. The number of alkyl halides is 3. The minimum absolute atomic E-state index is 0.0501. The molecule has 1 aromatic carbocycles. The number of benzene rings is 1. The van der Waals surface area contributed by atoms with E-state index in [4.69, 9.17) is 17.3 Å². The Morgan fingerprint density at radius 3 is 2.65 bits per heavy atom. The molecule has 0 saturated carbocycles. The van der Waals surface area contributed by atoms with Gasteiger partial charge in [-0.2, -0.15) is 13.2 Å². The molecule has 0 saturated heterocycles. The standard InChI is InChI=1S/C9H8ClF3N2O2/c10-6-2-1-5(3-7(6)14)8(16)15-17-4-9(11,12)13/h1-3H,4,14H2,(H,15,16). The van der Waals surface area contributed by atoms with Gasteiger partial charge in [0, 0.05) is 5.56 Å². The first kappa shape index (κ1) is 13.6. The molecule has 0 aliphatic rings. The van der Waals surface area contributed by atoms with E-state index in [0.29, 0.717) is 0 Å². The number of halogens is 4. The van der Waals surface area contributed by atoms with Crippen LogP contribution in [0.4, 0.5) is 18.9 Å². The van der Waals surface area contributed by atoms with E-state index < -0.39 is 18.7 Å². The second-order valence-corrected chi connectivity index (χ2v) is 3.48. The quantitative estimate of drug-likeness (QED) is 0.652. The Labute approximate surface area is 99.4 Å². The molecule has 0 aliphatic heterocycles. The molecular weight excluding hydrogens is 261 g/mol. The Balaban J connectivity index is 2.56. The molecule has 0 unspecified atom stereocenters. The average Bonchev–Trinajstić information content (AvgIpc) is 2.20. The first-order chi connectivity index (χ1) is 7.79. The van der Waals surface area contributed by atoms with Crippen molar-refractivity contribution in [2.45, 2.75) is 6.18 Å². The zero-order chi connectivity index (χ0) is 13.1. The number of amides is 1. The van der Waals surface area contributed by atoms with Crippen LogP contribution < -0.4 is 11.2 Å². The predicted molar refractivity (Wildman–Crippen MR) is 55.3 cm³/mol. The van der Waals surface area contributed by atoms with Gasteiger partial charge >= 0.3 is 6.18 Å². The average molecular weight is 269 g/mol. The molecule has 0 radical (unpaired) electrons. The van der Waals surface area contributed by atoms with Gasteiger partial charge in [-0.15, -0.1) is 0 Å². The molecule has 1 amide bonds. The SMILES string of the molecule is Nc1cc(C(=O)NOCC(F)(F)F)ccc1Cl. The molecule has 0 atom stereocenters. The third-order valence-electron chi connectivity index (χ3n) is 1.66. The van der Waals surface area contributed by atoms with E-state index in [1.54, 1.807) is 5.48 Å². The maximum absolute atomic E-state index is 11.7. The number of nitrogens with one attached hydrogen (secondary N) is 1. The summed E-state index contributed by atoms with van der Waals surface area (Å²) >= 11 is 5.61. The third-order valence-corrected chi connectivity index (χ3v) is 2.00. The monoisotopic (exact) mass is 268 g/mol. The zero-order valence-electron chi connectivity index (χ0n) is 8.34. The van der Waals surface area contributed by atoms with Gasteiger partial charge in [0.2, 0.25) is 0 Å². The van der Waals surface area contributed by atoms with Gasteiger partial charge < -0.3 is 5.73 Å². The highest BCUT2D eigenvalue weighted by molar-refractivity contribution is 6.33. The van der Waals surface area contributed by atoms with Crippen LogP contribution in [0, 0.1) is 0 Å². The smallest absolute Gasteiger partial charge is 0.398 e. The summed E-state index contributed by atoms with van der Waals surface area (Å²) in [7, 11) is 0. The highest BCUT2D eigenvalue weighted by Crippen LogP contribution is 2.19. The van der Waals surface area contributed by atoms with Crippen LogP contribution in [0.2, 0.25) is 5.02 Å². The van der Waals surface area contributed by atoms with Crippen LogP contribution in [0.3, 0.4) is 0 Å². The number of rotatable bonds is 3. The lowest BCUT2D eigenvalue weighted by Gasteiger charge is -2.08. The van der Waals surface area contributed by atoms with Crippen molar-refractivity contribution in [3.8, 4) is 0 Å². The second kappa shape index (κ2) is 5.24. The maximum Gasteiger partial charge on any atom is 0.414 e. The van der Waals surface area contributed by atoms with Crippen LogP contribution in [-0.2, 0) is 4.84 Å². The number of hydrogen-bond donors (Lipinski definition) is 2. The topological polar surface area (TPSA) is 64.4 Å². The summed E-state index contributed by atoms with van der Waals surface area (Å²) in [5, 5.41) is 0.248. The van der Waals surface area contributed by atoms with Crippen molar-refractivity contribution in [2.75, 3.05) is 12.3 Å². The Morgan fingerprint density at radius 1 is 1.47 bits per heavy atom. The maximum atomic E-state index is 11.7. The largest absolute Gasteiger partial charge is 0.414 e. The predicted octanol–water partition coefficient (Wildman–Crippen LogP) is 2.15. The van der Waals surface area contributed by atoms with Crippen molar-refractivity contribution in [2.24, 2.45) is 0 Å². The number of hydrogen-bond acceptors (Lipinski definition) is 3. The van der Waals surface area contributed by atoms with E-state index in [2.05, 4.69) is 4.84 Å². The fourth-order valence-corrected chi connectivity index (χ4v) is 1.04. The van der Waals surface area contributed by atoms with Crippen LogP contribution in [0.15, 0.2) is 18.2 Å². The van der Waals surface area contributed by atoms with Crippen LogP contribution in [-0.4, -0.2) is 18.7 Å². The number of carbonyl (C=O) groups is 1. The van der Waals surface area contributed by atoms with E-state index in [0.717, 1.165) is 0 Å². The molecule has 0 fully saturated rings. The molecule has 8 heteroatoms. The summed E-state index contributed by atoms with van der Waals surface area (Å²) in [6.07, 6.45) is -4.51. The number of carbonyl (C=O) groups excluding carboxylic acids is 1. The lowest BCUT2D eigenvalue weighted by atomic mass is 10.2. The van der Waals surface area contributed by atoms with E-state index in [1.807, 2.05) is 0 Å². The molecule has 0 spiro atoms. The van der Waals surface area contributed by atoms with Gasteiger partial charge in [0.1, 0.15) is 0 Å². The Morgan fingerprint density at radius 2 is 2.12 bits per heavy atom. The highest BCUT2D eigenvalue weighted by atomic mass is 35.5. The van der Waals surface area contributed by atoms with Crippen molar-refractivity contribution < 1.29 is 22.8 Å². The van der Waals surface area contributed by atoms with Crippen LogP contribution in [0.5, 0.6) is 0 Å². The summed E-state index contributed by atoms with van der Waals surface area (Å²) in [5.74, 6) is -0.836. The number of nitrogens with two attached hydrogens (primary N) is 1. The van der Waals surface area contributed by atoms with Gasteiger partial charge in [-0.05, 0) is 18.2 Å². The van der Waals surface area contributed by atoms with Crippen molar-refractivity contribution >= 4 is 23.2 Å². The Kier molecular flexibility index (Phi) is 4.19. The van der Waals surface area contributed by atoms with Gasteiger partial charge in [-0.25, -0.2) is 5.48 Å². The van der Waals surface area contributed by atoms with Crippen molar-refractivity contribution in [3.05, 3.63) is 28.8 Å². The molecular formula is C9H8ClF3N2O2. The lowest BCUT2D eigenvalue weighted by molar-refractivity contribution is -0.184. The summed E-state index contributed by atoms with van der Waals surface area (Å²) in [4.78, 5) is 15.3. The molecule has 0 aromatic heterocycles. The molecule has 0 bridgehead atoms. The molecule has 0 aliphatic carbocycles. The summed E-state index contributed by atoms with van der Waals surface area (Å²) in [6.45, 7) is -1.57. The second-order valence-electron chi connectivity index (χ2n) is 3.07. The molecule has 94 valence electrons. The van der Waals surface area contributed by atoms with E-state index in [1.165, 1.54) is 18.2 Å². The van der Waals surface area contributed by atoms with Gasteiger partial charge in [-0.1, -0.05) is 11.6 Å². The van der Waals surface area contributed by atoms with E-state index >= 15 is 0 Å². The molecule has 4 nitrogen and oxygen atoms in total. The summed E-state index contributed by atoms with van der Waals surface area (Å²) < 4.78 is 35.1. The van der Waals surface area contributed by atoms with Crippen LogP contribution >= 0.6 is 11.6 Å². The molecule has 1 aromatic rings. The Bertz CT molecular complexity index is 423. The highest BCUT2D eigenvalue weighted by Gasteiger charge is 2.28. The van der Waals surface area contributed by atoms with Gasteiger partial charge in [0.25, 0.3) is 5.91 Å². The van der Waals surface area contributed by atoms with Crippen LogP contribution in [0.1, 0.15) is 10.4 Å². The molecule has 17 heavy (non-hydrogen) atoms. The first-order valence-corrected chi connectivity index (χ1v) is 4.71. The summed E-state index contributed by atoms with van der Waals surface area (Å²) in [5.41, 5.74) is 7.27. The van der Waals surface area contributed by atoms with E-state index in [-0.39, 0.29) is 16.3 Å². The number of hydroxylamine groups is 1. The first-order valence-electron chi connectivity index (χ1n) is 4.33. The minimum atomic E-state index is -4.51. The normalized spacial score (nSPS) is 11.3. The van der Waals surface area contributed by atoms with Crippen molar-refractivity contribution in [1.82, 2.24) is 5.48 Å².